The highest BCUT2D eigenvalue weighted by atomic mass is 35.5. The van der Waals surface area contributed by atoms with E-state index in [9.17, 15) is 18.4 Å². The minimum absolute atomic E-state index is 0.115. The predicted octanol–water partition coefficient (Wildman–Crippen LogP) is 4.27. The number of hydrogen-bond acceptors (Lipinski definition) is 6. The van der Waals surface area contributed by atoms with Crippen LogP contribution in [0, 0.1) is 6.92 Å². The molecule has 2 aromatic heterocycles. The zero-order chi connectivity index (χ0) is 25.2. The number of imidazole rings is 1. The summed E-state index contributed by atoms with van der Waals surface area (Å²) in [6.07, 6.45) is -0.894. The number of alkyl halides is 2. The summed E-state index contributed by atoms with van der Waals surface area (Å²) in [6, 6.07) is 9.42. The molecule has 1 aliphatic carbocycles. The lowest BCUT2D eigenvalue weighted by molar-refractivity contribution is -0.286. The van der Waals surface area contributed by atoms with Crippen molar-refractivity contribution in [2.75, 3.05) is 4.90 Å². The number of aryl methyl sites for hydroxylation is 1. The maximum atomic E-state index is 13.5. The number of anilines is 1. The van der Waals surface area contributed by atoms with Crippen molar-refractivity contribution in [1.29, 1.82) is 0 Å². The molecular formula is C24H18ClF2N5O4. The minimum Gasteiger partial charge on any atom is -0.395 e. The molecule has 0 bridgehead atoms. The van der Waals surface area contributed by atoms with Crippen LogP contribution in [0.1, 0.15) is 18.4 Å². The number of carbonyl (C=O) groups is 1. The van der Waals surface area contributed by atoms with Crippen molar-refractivity contribution in [1.82, 2.24) is 19.7 Å². The highest BCUT2D eigenvalue weighted by Gasteiger charge is 2.44. The van der Waals surface area contributed by atoms with E-state index >= 15 is 0 Å². The van der Waals surface area contributed by atoms with Gasteiger partial charge in [-0.2, -0.15) is 5.10 Å². The molecule has 1 fully saturated rings. The fourth-order valence-electron chi connectivity index (χ4n) is 4.34. The van der Waals surface area contributed by atoms with E-state index in [4.69, 9.17) is 11.6 Å². The van der Waals surface area contributed by atoms with Gasteiger partial charge in [-0.05, 0) is 55.7 Å². The number of aromatic nitrogens is 4. The summed E-state index contributed by atoms with van der Waals surface area (Å²) in [5.41, 5.74) is 2.37. The van der Waals surface area contributed by atoms with Gasteiger partial charge in [0.2, 0.25) is 5.91 Å². The molecule has 0 unspecified atom stereocenters. The van der Waals surface area contributed by atoms with Crippen LogP contribution in [-0.4, -0.2) is 38.0 Å². The number of H-pyrrole nitrogens is 1. The quantitative estimate of drug-likeness (QED) is 0.428. The van der Waals surface area contributed by atoms with Crippen LogP contribution in [0.15, 0.2) is 47.5 Å². The molecule has 3 heterocycles. The van der Waals surface area contributed by atoms with Gasteiger partial charge in [0.1, 0.15) is 12.2 Å². The first-order chi connectivity index (χ1) is 17.2. The number of carbonyl (C=O) groups excluding carboxylic acids is 1. The Morgan fingerprint density at radius 2 is 2.00 bits per heavy atom. The van der Waals surface area contributed by atoms with Crippen molar-refractivity contribution in [3.8, 4) is 22.8 Å². The van der Waals surface area contributed by atoms with Gasteiger partial charge in [-0.3, -0.25) is 9.59 Å². The minimum atomic E-state index is -3.76. The second kappa shape index (κ2) is 8.02. The van der Waals surface area contributed by atoms with Crippen LogP contribution in [0.25, 0.3) is 22.3 Å². The summed E-state index contributed by atoms with van der Waals surface area (Å²) < 4.78 is 37.0. The third-order valence-corrected chi connectivity index (χ3v) is 6.20. The van der Waals surface area contributed by atoms with Gasteiger partial charge in [0.25, 0.3) is 5.56 Å². The number of ether oxygens (including phenoxy) is 2. The van der Waals surface area contributed by atoms with E-state index in [-0.39, 0.29) is 29.6 Å². The molecule has 4 aromatic rings. The van der Waals surface area contributed by atoms with Crippen molar-refractivity contribution in [3.05, 3.63) is 63.7 Å². The molecule has 2 aliphatic rings. The van der Waals surface area contributed by atoms with E-state index in [1.54, 1.807) is 12.1 Å². The van der Waals surface area contributed by atoms with Crippen molar-refractivity contribution < 1.29 is 23.0 Å². The Labute approximate surface area is 207 Å². The van der Waals surface area contributed by atoms with Gasteiger partial charge in [-0.15, -0.1) is 8.78 Å². The predicted molar refractivity (Wildman–Crippen MR) is 126 cm³/mol. The zero-order valence-corrected chi connectivity index (χ0v) is 19.6. The Morgan fingerprint density at radius 3 is 2.75 bits per heavy atom. The normalized spacial score (nSPS) is 15.9. The highest BCUT2D eigenvalue weighted by Crippen LogP contribution is 2.44. The molecule has 1 N–H and O–H groups in total. The summed E-state index contributed by atoms with van der Waals surface area (Å²) in [4.78, 5) is 35.1. The van der Waals surface area contributed by atoms with Gasteiger partial charge in [0.15, 0.2) is 17.0 Å². The number of rotatable bonds is 5. The summed E-state index contributed by atoms with van der Waals surface area (Å²) in [5.74, 6) is -0.709. The average molecular weight is 514 g/mol. The Bertz CT molecular complexity index is 1580. The summed E-state index contributed by atoms with van der Waals surface area (Å²) in [5, 5.41) is 4.98. The van der Waals surface area contributed by atoms with E-state index in [1.165, 1.54) is 29.4 Å². The average Bonchev–Trinajstić information content (AvgIpc) is 3.40. The number of nitrogens with zero attached hydrogens (tertiary/aromatic N) is 4. The lowest BCUT2D eigenvalue weighted by Gasteiger charge is -2.23. The molecular weight excluding hydrogens is 496 g/mol. The summed E-state index contributed by atoms with van der Waals surface area (Å²) in [7, 11) is 0. The Morgan fingerprint density at radius 1 is 1.22 bits per heavy atom. The molecule has 2 aromatic carbocycles. The van der Waals surface area contributed by atoms with Gasteiger partial charge < -0.3 is 19.4 Å². The Hall–Kier alpha value is -3.99. The van der Waals surface area contributed by atoms with Crippen LogP contribution in [0.2, 0.25) is 5.02 Å². The Kier molecular flexibility index (Phi) is 5.01. The second-order valence-corrected chi connectivity index (χ2v) is 9.18. The van der Waals surface area contributed by atoms with Crippen LogP contribution in [0.5, 0.6) is 11.5 Å². The molecule has 1 saturated carbocycles. The molecule has 36 heavy (non-hydrogen) atoms. The number of amides is 1. The van der Waals surface area contributed by atoms with Crippen molar-refractivity contribution in [2.45, 2.75) is 38.6 Å². The van der Waals surface area contributed by atoms with Crippen molar-refractivity contribution >= 4 is 34.2 Å². The first-order valence-corrected chi connectivity index (χ1v) is 11.5. The molecule has 9 nitrogen and oxygen atoms in total. The van der Waals surface area contributed by atoms with Crippen LogP contribution < -0.4 is 19.9 Å². The molecule has 1 amide bonds. The molecule has 184 valence electrons. The first-order valence-electron chi connectivity index (χ1n) is 11.1. The molecule has 0 saturated heterocycles. The van der Waals surface area contributed by atoms with E-state index in [0.29, 0.717) is 27.5 Å². The second-order valence-electron chi connectivity index (χ2n) is 8.75. The van der Waals surface area contributed by atoms with E-state index in [0.717, 1.165) is 23.1 Å². The molecule has 1 aliphatic heterocycles. The number of nitrogens with one attached hydrogen (secondary N) is 1. The maximum absolute atomic E-state index is 13.5. The SMILES string of the molecule is Cc1cc(Cl)cc(-c2nn(CC(=O)N(c3ccc4c(c3)OC(F)(F)O4)C3CC3)c(=O)c3nc[nH]c23)c1. The van der Waals surface area contributed by atoms with Gasteiger partial charge in [0.05, 0.1) is 11.8 Å². The maximum Gasteiger partial charge on any atom is 0.586 e. The smallest absolute Gasteiger partial charge is 0.395 e. The lowest BCUT2D eigenvalue weighted by Crippen LogP contribution is -2.39. The van der Waals surface area contributed by atoms with Crippen LogP contribution in [0.4, 0.5) is 14.5 Å². The van der Waals surface area contributed by atoms with E-state index < -0.39 is 17.8 Å². The third kappa shape index (κ3) is 3.95. The number of halogens is 3. The number of aromatic amines is 1. The Balaban J connectivity index is 1.38. The number of fused-ring (bicyclic) bond motifs is 2. The zero-order valence-electron chi connectivity index (χ0n) is 18.8. The number of benzene rings is 2. The van der Waals surface area contributed by atoms with Crippen molar-refractivity contribution in [2.24, 2.45) is 0 Å². The molecule has 6 rings (SSSR count). The lowest BCUT2D eigenvalue weighted by atomic mass is 10.1. The van der Waals surface area contributed by atoms with E-state index in [1.807, 2.05) is 13.0 Å². The van der Waals surface area contributed by atoms with Crippen LogP contribution in [0.3, 0.4) is 0 Å². The highest BCUT2D eigenvalue weighted by molar-refractivity contribution is 6.31. The molecule has 0 spiro atoms. The largest absolute Gasteiger partial charge is 0.586 e. The van der Waals surface area contributed by atoms with E-state index in [2.05, 4.69) is 24.5 Å². The van der Waals surface area contributed by atoms with Gasteiger partial charge in [-0.25, -0.2) is 9.67 Å². The topological polar surface area (TPSA) is 102 Å². The van der Waals surface area contributed by atoms with Crippen LogP contribution in [-0.2, 0) is 11.3 Å². The monoisotopic (exact) mass is 513 g/mol. The van der Waals surface area contributed by atoms with Gasteiger partial charge in [0, 0.05) is 28.4 Å². The first kappa shape index (κ1) is 22.5. The van der Waals surface area contributed by atoms with Gasteiger partial charge >= 0.3 is 6.29 Å². The summed E-state index contributed by atoms with van der Waals surface area (Å²) in [6.45, 7) is 1.50. The fraction of sp³-hybridized carbons (Fsp3) is 0.250. The number of hydrogen-bond donors (Lipinski definition) is 1. The van der Waals surface area contributed by atoms with Crippen molar-refractivity contribution in [3.63, 3.8) is 0 Å². The molecule has 0 radical (unpaired) electrons. The van der Waals surface area contributed by atoms with Crippen LogP contribution >= 0.6 is 11.6 Å². The molecule has 12 heteroatoms. The van der Waals surface area contributed by atoms with Gasteiger partial charge in [-0.1, -0.05) is 11.6 Å². The molecule has 0 atom stereocenters. The standard InChI is InChI=1S/C24H18ClF2N5O4/c1-12-6-13(8-14(25)7-12)20-21-22(29-11-28-21)23(34)31(30-20)10-19(33)32(15-2-3-15)16-4-5-17-18(9-16)36-24(26,27)35-17/h4-9,11,15H,2-3,10H2,1H3,(H,28,29). The third-order valence-electron chi connectivity index (χ3n) is 5.98. The fourth-order valence-corrected chi connectivity index (χ4v) is 4.63. The summed E-state index contributed by atoms with van der Waals surface area (Å²) >= 11 is 6.24.